The summed E-state index contributed by atoms with van der Waals surface area (Å²) in [6.07, 6.45) is 0.675. The zero-order valence-electron chi connectivity index (χ0n) is 8.32. The van der Waals surface area contributed by atoms with Crippen molar-refractivity contribution in [2.45, 2.75) is 12.7 Å². The van der Waals surface area contributed by atoms with Crippen LogP contribution in [0.2, 0.25) is 0 Å². The number of ether oxygens (including phenoxy) is 3. The zero-order valence-corrected chi connectivity index (χ0v) is 9.90. The molecular weight excluding hydrogens is 260 g/mol. The molecule has 1 aliphatic heterocycles. The normalized spacial score (nSPS) is 16.9. The molecule has 3 nitrogen and oxygen atoms in total. The Morgan fingerprint density at radius 3 is 2.73 bits per heavy atom. The molecule has 0 amide bonds. The Morgan fingerprint density at radius 2 is 2.00 bits per heavy atom. The molecule has 2 rings (SSSR count). The minimum Gasteiger partial charge on any atom is -0.492 e. The second-order valence-electron chi connectivity index (χ2n) is 3.24. The fourth-order valence-corrected chi connectivity index (χ4v) is 1.80. The lowest BCUT2D eigenvalue weighted by atomic mass is 10.3. The molecule has 0 N–H and O–H groups in total. The molecule has 0 aromatic heterocycles. The summed E-state index contributed by atoms with van der Waals surface area (Å²) in [5.41, 5.74) is 0. The third kappa shape index (κ3) is 3.19. The Hall–Kier alpha value is -0.580. The van der Waals surface area contributed by atoms with Crippen LogP contribution in [-0.4, -0.2) is 26.1 Å². The number of rotatable bonds is 4. The molecule has 1 heterocycles. The smallest absolute Gasteiger partial charge is 0.161 e. The highest BCUT2D eigenvalue weighted by atomic mass is 79.9. The van der Waals surface area contributed by atoms with Crippen LogP contribution in [0.5, 0.6) is 5.75 Å². The Kier molecular flexibility index (Phi) is 4.00. The summed E-state index contributed by atoms with van der Waals surface area (Å²) in [4.78, 5) is 0. The van der Waals surface area contributed by atoms with E-state index < -0.39 is 0 Å². The molecule has 4 heteroatoms. The van der Waals surface area contributed by atoms with Crippen molar-refractivity contribution in [2.75, 3.05) is 19.8 Å². The summed E-state index contributed by atoms with van der Waals surface area (Å²) >= 11 is 3.42. The first-order valence-electron chi connectivity index (χ1n) is 4.97. The monoisotopic (exact) mass is 272 g/mol. The van der Waals surface area contributed by atoms with Gasteiger partial charge in [-0.1, -0.05) is 12.1 Å². The van der Waals surface area contributed by atoms with Gasteiger partial charge >= 0.3 is 0 Å². The highest BCUT2D eigenvalue weighted by molar-refractivity contribution is 9.10. The van der Waals surface area contributed by atoms with Gasteiger partial charge in [0, 0.05) is 6.42 Å². The maximum absolute atomic E-state index is 5.59. The van der Waals surface area contributed by atoms with Crippen LogP contribution < -0.4 is 4.74 Å². The summed E-state index contributed by atoms with van der Waals surface area (Å²) < 4.78 is 17.2. The third-order valence-electron chi connectivity index (χ3n) is 2.14. The zero-order chi connectivity index (χ0) is 10.5. The molecule has 1 aromatic rings. The predicted molar refractivity (Wildman–Crippen MR) is 59.9 cm³/mol. The van der Waals surface area contributed by atoms with Gasteiger partial charge < -0.3 is 14.2 Å². The van der Waals surface area contributed by atoms with Crippen LogP contribution >= 0.6 is 15.9 Å². The van der Waals surface area contributed by atoms with Crippen LogP contribution in [0.4, 0.5) is 0 Å². The van der Waals surface area contributed by atoms with Gasteiger partial charge in [0.15, 0.2) is 6.29 Å². The third-order valence-corrected chi connectivity index (χ3v) is 2.79. The largest absolute Gasteiger partial charge is 0.492 e. The molecule has 82 valence electrons. The number of hydrogen-bond acceptors (Lipinski definition) is 3. The second kappa shape index (κ2) is 5.49. The van der Waals surface area contributed by atoms with E-state index in [1.54, 1.807) is 0 Å². The van der Waals surface area contributed by atoms with Crippen molar-refractivity contribution < 1.29 is 14.2 Å². The number of benzene rings is 1. The Morgan fingerprint density at radius 1 is 1.27 bits per heavy atom. The quantitative estimate of drug-likeness (QED) is 0.844. The molecular formula is C11H13BrO3. The van der Waals surface area contributed by atoms with Gasteiger partial charge in [0.05, 0.1) is 24.3 Å². The van der Waals surface area contributed by atoms with Crippen molar-refractivity contribution in [1.29, 1.82) is 0 Å². The number of hydrogen-bond donors (Lipinski definition) is 0. The van der Waals surface area contributed by atoms with Gasteiger partial charge in [-0.05, 0) is 28.1 Å². The lowest BCUT2D eigenvalue weighted by molar-refractivity contribution is -0.0531. The standard InChI is InChI=1S/C11H13BrO3/c12-9-3-1-2-4-10(9)13-6-5-11-14-7-8-15-11/h1-4,11H,5-8H2. The highest BCUT2D eigenvalue weighted by Crippen LogP contribution is 2.24. The second-order valence-corrected chi connectivity index (χ2v) is 4.09. The molecule has 1 aromatic carbocycles. The van der Waals surface area contributed by atoms with Gasteiger partial charge in [-0.15, -0.1) is 0 Å². The number of para-hydroxylation sites is 1. The number of halogens is 1. The molecule has 15 heavy (non-hydrogen) atoms. The van der Waals surface area contributed by atoms with Crippen molar-refractivity contribution in [1.82, 2.24) is 0 Å². The van der Waals surface area contributed by atoms with E-state index in [0.717, 1.165) is 16.6 Å². The first kappa shape index (κ1) is 10.9. The Labute approximate surface area is 97.5 Å². The fourth-order valence-electron chi connectivity index (χ4n) is 1.40. The minimum absolute atomic E-state index is 0.0903. The summed E-state index contributed by atoms with van der Waals surface area (Å²) in [6, 6.07) is 7.79. The molecule has 1 fully saturated rings. The lowest BCUT2D eigenvalue weighted by Gasteiger charge is -2.11. The fraction of sp³-hybridized carbons (Fsp3) is 0.455. The maximum Gasteiger partial charge on any atom is 0.161 e. The summed E-state index contributed by atoms with van der Waals surface area (Å²) in [6.45, 7) is 1.99. The van der Waals surface area contributed by atoms with Gasteiger partial charge in [-0.2, -0.15) is 0 Å². The highest BCUT2D eigenvalue weighted by Gasteiger charge is 2.15. The minimum atomic E-state index is -0.0903. The molecule has 1 aliphatic rings. The van der Waals surface area contributed by atoms with E-state index in [9.17, 15) is 0 Å². The molecule has 0 bridgehead atoms. The molecule has 0 spiro atoms. The summed E-state index contributed by atoms with van der Waals surface area (Å²) in [5.74, 6) is 0.857. The molecule has 0 radical (unpaired) electrons. The van der Waals surface area contributed by atoms with Crippen molar-refractivity contribution in [3.8, 4) is 5.75 Å². The molecule has 0 aliphatic carbocycles. The average molecular weight is 273 g/mol. The van der Waals surface area contributed by atoms with Gasteiger partial charge in [0.1, 0.15) is 5.75 Å². The van der Waals surface area contributed by atoms with Crippen molar-refractivity contribution >= 4 is 15.9 Å². The van der Waals surface area contributed by atoms with Crippen LogP contribution in [-0.2, 0) is 9.47 Å². The van der Waals surface area contributed by atoms with Crippen molar-refractivity contribution in [3.63, 3.8) is 0 Å². The SMILES string of the molecule is Brc1ccccc1OCCC1OCCO1. The topological polar surface area (TPSA) is 27.7 Å². The van der Waals surface area contributed by atoms with Crippen LogP contribution in [0, 0.1) is 0 Å². The van der Waals surface area contributed by atoms with E-state index in [2.05, 4.69) is 15.9 Å². The van der Waals surface area contributed by atoms with E-state index in [1.165, 1.54) is 0 Å². The van der Waals surface area contributed by atoms with Gasteiger partial charge in [0.2, 0.25) is 0 Å². The van der Waals surface area contributed by atoms with E-state index in [4.69, 9.17) is 14.2 Å². The van der Waals surface area contributed by atoms with Gasteiger partial charge in [-0.25, -0.2) is 0 Å². The first-order chi connectivity index (χ1) is 7.36. The molecule has 0 atom stereocenters. The van der Waals surface area contributed by atoms with E-state index >= 15 is 0 Å². The van der Waals surface area contributed by atoms with E-state index in [-0.39, 0.29) is 6.29 Å². The van der Waals surface area contributed by atoms with Gasteiger partial charge in [-0.3, -0.25) is 0 Å². The predicted octanol–water partition coefficient (Wildman–Crippen LogP) is 2.59. The summed E-state index contributed by atoms with van der Waals surface area (Å²) in [5, 5.41) is 0. The van der Waals surface area contributed by atoms with E-state index in [1.807, 2.05) is 24.3 Å². The van der Waals surface area contributed by atoms with Crippen LogP contribution in [0.3, 0.4) is 0 Å². The molecule has 1 saturated heterocycles. The average Bonchev–Trinajstić information content (AvgIpc) is 2.74. The Bertz CT molecular complexity index is 310. The Balaban J connectivity index is 1.75. The van der Waals surface area contributed by atoms with Crippen LogP contribution in [0.1, 0.15) is 6.42 Å². The van der Waals surface area contributed by atoms with Crippen molar-refractivity contribution in [3.05, 3.63) is 28.7 Å². The first-order valence-corrected chi connectivity index (χ1v) is 5.76. The van der Waals surface area contributed by atoms with E-state index in [0.29, 0.717) is 19.8 Å². The maximum atomic E-state index is 5.59. The van der Waals surface area contributed by atoms with Crippen molar-refractivity contribution in [2.24, 2.45) is 0 Å². The lowest BCUT2D eigenvalue weighted by Crippen LogP contribution is -2.12. The van der Waals surface area contributed by atoms with Gasteiger partial charge in [0.25, 0.3) is 0 Å². The van der Waals surface area contributed by atoms with Crippen LogP contribution in [0.25, 0.3) is 0 Å². The molecule has 0 saturated carbocycles. The van der Waals surface area contributed by atoms with Crippen LogP contribution in [0.15, 0.2) is 28.7 Å². The molecule has 0 unspecified atom stereocenters. The summed E-state index contributed by atoms with van der Waals surface area (Å²) in [7, 11) is 0.